The minimum Gasteiger partial charge on any atom is -0.342 e. The van der Waals surface area contributed by atoms with Gasteiger partial charge in [0.15, 0.2) is 17.5 Å². The number of sulfone groups is 1. The van der Waals surface area contributed by atoms with Crippen LogP contribution >= 0.6 is 11.6 Å². The molecule has 9 nitrogen and oxygen atoms in total. The summed E-state index contributed by atoms with van der Waals surface area (Å²) in [6, 6.07) is 7.31. The predicted octanol–water partition coefficient (Wildman–Crippen LogP) is 3.55. The number of carbonyl (C=O) groups is 1. The summed E-state index contributed by atoms with van der Waals surface area (Å²) in [6.07, 6.45) is 3.27. The molecule has 1 fully saturated rings. The van der Waals surface area contributed by atoms with Crippen LogP contribution in [0.5, 0.6) is 0 Å². The Kier molecular flexibility index (Phi) is 6.33. The predicted molar refractivity (Wildman–Crippen MR) is 116 cm³/mol. The fourth-order valence-corrected chi connectivity index (χ4v) is 4.28. The van der Waals surface area contributed by atoms with E-state index in [9.17, 15) is 22.0 Å². The molecule has 1 atom stereocenters. The van der Waals surface area contributed by atoms with Crippen LogP contribution in [0.15, 0.2) is 41.4 Å². The van der Waals surface area contributed by atoms with Gasteiger partial charge in [-0.25, -0.2) is 18.4 Å². The minimum atomic E-state index is -4.94. The van der Waals surface area contributed by atoms with Gasteiger partial charge in [0.25, 0.3) is 5.91 Å². The number of nitriles is 1. The number of rotatable bonds is 7. The molecule has 2 heterocycles. The van der Waals surface area contributed by atoms with Crippen molar-refractivity contribution in [3.05, 3.63) is 64.3 Å². The van der Waals surface area contributed by atoms with Gasteiger partial charge in [0.2, 0.25) is 9.84 Å². The molecule has 0 radical (unpaired) electrons. The number of amides is 1. The minimum absolute atomic E-state index is 0.180. The van der Waals surface area contributed by atoms with E-state index in [1.165, 1.54) is 16.9 Å². The SMILES string of the molecule is C[C@H](NC(=O)c1cc(Cl)cc(S(=O)(=O)C(F)F)c1)c1nc(C2CC2)nn1-c1ccc(C#N)cn1. The third kappa shape index (κ3) is 4.76. The Balaban J connectivity index is 1.64. The number of pyridine rings is 1. The molecule has 3 aromatic rings. The van der Waals surface area contributed by atoms with Gasteiger partial charge < -0.3 is 5.32 Å². The zero-order valence-electron chi connectivity index (χ0n) is 17.6. The van der Waals surface area contributed by atoms with Crippen molar-refractivity contribution in [2.24, 2.45) is 0 Å². The highest BCUT2D eigenvalue weighted by molar-refractivity contribution is 7.91. The summed E-state index contributed by atoms with van der Waals surface area (Å²) in [7, 11) is -4.94. The summed E-state index contributed by atoms with van der Waals surface area (Å²) in [4.78, 5) is 20.9. The molecule has 2 aromatic heterocycles. The lowest BCUT2D eigenvalue weighted by Crippen LogP contribution is -2.29. The van der Waals surface area contributed by atoms with Crippen LogP contribution in [-0.4, -0.2) is 39.8 Å². The van der Waals surface area contributed by atoms with Crippen LogP contribution in [0, 0.1) is 11.3 Å². The van der Waals surface area contributed by atoms with Crippen molar-refractivity contribution in [3.8, 4) is 11.9 Å². The molecule has 13 heteroatoms. The first-order valence-electron chi connectivity index (χ1n) is 10.1. The summed E-state index contributed by atoms with van der Waals surface area (Å²) in [5, 5.41) is 16.0. The summed E-state index contributed by atoms with van der Waals surface area (Å²) in [5.41, 5.74) is 0.160. The maximum atomic E-state index is 12.9. The molecule has 0 unspecified atom stereocenters. The molecule has 0 aliphatic heterocycles. The second-order valence-corrected chi connectivity index (χ2v) is 10.1. The summed E-state index contributed by atoms with van der Waals surface area (Å²) in [5.74, 6) is -2.85. The van der Waals surface area contributed by atoms with Crippen LogP contribution in [0.3, 0.4) is 0 Å². The quantitative estimate of drug-likeness (QED) is 0.518. The average Bonchev–Trinajstić information content (AvgIpc) is 3.56. The normalized spacial score (nSPS) is 14.6. The van der Waals surface area contributed by atoms with Crippen LogP contribution < -0.4 is 5.32 Å². The van der Waals surface area contributed by atoms with Gasteiger partial charge in [0.1, 0.15) is 6.07 Å². The number of nitrogens with zero attached hydrogens (tertiary/aromatic N) is 5. The number of aromatic nitrogens is 4. The van der Waals surface area contributed by atoms with Gasteiger partial charge in [-0.05, 0) is 50.1 Å². The van der Waals surface area contributed by atoms with E-state index in [1.54, 1.807) is 19.1 Å². The molecule has 1 aromatic carbocycles. The number of benzene rings is 1. The molecular formula is C21H17ClF2N6O3S. The number of nitrogens with one attached hydrogen (secondary N) is 1. The molecule has 176 valence electrons. The molecular weight excluding hydrogens is 490 g/mol. The van der Waals surface area contributed by atoms with Gasteiger partial charge >= 0.3 is 5.76 Å². The molecule has 1 aliphatic carbocycles. The van der Waals surface area contributed by atoms with Crippen molar-refractivity contribution in [3.63, 3.8) is 0 Å². The van der Waals surface area contributed by atoms with Gasteiger partial charge in [-0.1, -0.05) is 11.6 Å². The summed E-state index contributed by atoms with van der Waals surface area (Å²) >= 11 is 5.89. The first kappa shape index (κ1) is 23.7. The maximum Gasteiger partial charge on any atom is 0.341 e. The summed E-state index contributed by atoms with van der Waals surface area (Å²) in [6.45, 7) is 1.64. The molecule has 1 saturated carbocycles. The Hall–Kier alpha value is -3.43. The first-order valence-corrected chi connectivity index (χ1v) is 12.0. The van der Waals surface area contributed by atoms with E-state index < -0.39 is 32.4 Å². The highest BCUT2D eigenvalue weighted by Crippen LogP contribution is 2.38. The number of hydrogen-bond donors (Lipinski definition) is 1. The zero-order chi connectivity index (χ0) is 24.6. The van der Waals surface area contributed by atoms with Gasteiger partial charge in [-0.2, -0.15) is 18.7 Å². The van der Waals surface area contributed by atoms with E-state index in [-0.39, 0.29) is 16.5 Å². The van der Waals surface area contributed by atoms with Gasteiger partial charge in [0, 0.05) is 22.7 Å². The lowest BCUT2D eigenvalue weighted by atomic mass is 10.2. The first-order chi connectivity index (χ1) is 16.1. The Bertz CT molecular complexity index is 1400. The van der Waals surface area contributed by atoms with Gasteiger partial charge in [0.05, 0.1) is 16.5 Å². The molecule has 0 saturated heterocycles. The van der Waals surface area contributed by atoms with Crippen LogP contribution in [-0.2, 0) is 9.84 Å². The summed E-state index contributed by atoms with van der Waals surface area (Å²) < 4.78 is 51.0. The lowest BCUT2D eigenvalue weighted by Gasteiger charge is -2.15. The van der Waals surface area contributed by atoms with E-state index in [1.807, 2.05) is 6.07 Å². The number of halogens is 3. The monoisotopic (exact) mass is 506 g/mol. The molecule has 0 spiro atoms. The fourth-order valence-electron chi connectivity index (χ4n) is 3.19. The topological polar surface area (TPSA) is 131 Å². The number of hydrogen-bond acceptors (Lipinski definition) is 7. The molecule has 4 rings (SSSR count). The Morgan fingerprint density at radius 2 is 2.03 bits per heavy atom. The van der Waals surface area contributed by atoms with E-state index >= 15 is 0 Å². The largest absolute Gasteiger partial charge is 0.342 e. The van der Waals surface area contributed by atoms with Crippen molar-refractivity contribution in [1.82, 2.24) is 25.1 Å². The van der Waals surface area contributed by atoms with Crippen molar-refractivity contribution in [2.75, 3.05) is 0 Å². The second-order valence-electron chi connectivity index (χ2n) is 7.71. The third-order valence-electron chi connectivity index (χ3n) is 5.12. The number of alkyl halides is 2. The van der Waals surface area contributed by atoms with Crippen LogP contribution in [0.4, 0.5) is 8.78 Å². The van der Waals surface area contributed by atoms with Crippen LogP contribution in [0.2, 0.25) is 5.02 Å². The van der Waals surface area contributed by atoms with E-state index in [2.05, 4.69) is 20.4 Å². The van der Waals surface area contributed by atoms with Gasteiger partial charge in [-0.3, -0.25) is 4.79 Å². The third-order valence-corrected chi connectivity index (χ3v) is 6.70. The highest BCUT2D eigenvalue weighted by atomic mass is 35.5. The molecule has 1 aliphatic rings. The Labute approximate surface area is 198 Å². The average molecular weight is 507 g/mol. The van der Waals surface area contributed by atoms with Crippen LogP contribution in [0.1, 0.15) is 59.3 Å². The van der Waals surface area contributed by atoms with E-state index in [0.717, 1.165) is 25.0 Å². The lowest BCUT2D eigenvalue weighted by molar-refractivity contribution is 0.0937. The molecule has 34 heavy (non-hydrogen) atoms. The molecule has 1 N–H and O–H groups in total. The second kappa shape index (κ2) is 9.08. The van der Waals surface area contributed by atoms with E-state index in [4.69, 9.17) is 16.9 Å². The highest BCUT2D eigenvalue weighted by Gasteiger charge is 2.31. The van der Waals surface area contributed by atoms with Crippen molar-refractivity contribution >= 4 is 27.3 Å². The van der Waals surface area contributed by atoms with E-state index in [0.29, 0.717) is 23.0 Å². The standard InChI is InChI=1S/C21H17ClF2N6O3S/c1-11(27-20(31)14-6-15(22)8-16(7-14)34(32,33)21(23)24)19-28-18(13-3-4-13)29-30(19)17-5-2-12(9-25)10-26-17/h2,5-8,10-11,13,21H,3-4H2,1H3,(H,27,31)/t11-/m0/s1. The fraction of sp³-hybridized carbons (Fsp3) is 0.286. The maximum absolute atomic E-state index is 12.9. The molecule has 1 amide bonds. The van der Waals surface area contributed by atoms with Crippen molar-refractivity contribution < 1.29 is 22.0 Å². The Morgan fingerprint density at radius 3 is 2.62 bits per heavy atom. The zero-order valence-corrected chi connectivity index (χ0v) is 19.2. The smallest absolute Gasteiger partial charge is 0.341 e. The van der Waals surface area contributed by atoms with Crippen molar-refractivity contribution in [2.45, 2.75) is 42.4 Å². The Morgan fingerprint density at radius 1 is 1.29 bits per heavy atom. The van der Waals surface area contributed by atoms with Crippen molar-refractivity contribution in [1.29, 1.82) is 5.26 Å². The van der Waals surface area contributed by atoms with Gasteiger partial charge in [-0.15, -0.1) is 5.10 Å². The number of carbonyl (C=O) groups excluding carboxylic acids is 1. The van der Waals surface area contributed by atoms with Crippen LogP contribution in [0.25, 0.3) is 5.82 Å². The molecule has 0 bridgehead atoms.